The number of ketones is 1. The standard InChI is InChI=1S/C23H17NO3/c25-23-18(14-16-10-12-19(13-11-16)24(26)27)15-22(17-6-2-1-3-7-17)20-8-4-5-9-21(20)23/h1-14,22H,15H2/b18-14+/t22-/m0/s1. The number of allylic oxidation sites excluding steroid dienone is 1. The molecule has 1 atom stereocenters. The van der Waals surface area contributed by atoms with Gasteiger partial charge in [-0.15, -0.1) is 0 Å². The first-order valence-corrected chi connectivity index (χ1v) is 8.77. The van der Waals surface area contributed by atoms with Crippen LogP contribution in [0.4, 0.5) is 5.69 Å². The number of hydrogen-bond donors (Lipinski definition) is 0. The maximum atomic E-state index is 13.0. The van der Waals surface area contributed by atoms with Gasteiger partial charge >= 0.3 is 0 Å². The number of nitrogens with zero attached hydrogens (tertiary/aromatic N) is 1. The van der Waals surface area contributed by atoms with Gasteiger partial charge in [0.25, 0.3) is 5.69 Å². The largest absolute Gasteiger partial charge is 0.289 e. The molecule has 0 bridgehead atoms. The second-order valence-corrected chi connectivity index (χ2v) is 6.60. The van der Waals surface area contributed by atoms with Crippen LogP contribution in [0.2, 0.25) is 0 Å². The van der Waals surface area contributed by atoms with Gasteiger partial charge in [-0.2, -0.15) is 0 Å². The Morgan fingerprint density at radius 2 is 1.56 bits per heavy atom. The van der Waals surface area contributed by atoms with Gasteiger partial charge in [-0.1, -0.05) is 54.6 Å². The highest BCUT2D eigenvalue weighted by atomic mass is 16.6. The van der Waals surface area contributed by atoms with Gasteiger partial charge < -0.3 is 0 Å². The van der Waals surface area contributed by atoms with Crippen LogP contribution < -0.4 is 0 Å². The van der Waals surface area contributed by atoms with Gasteiger partial charge in [-0.3, -0.25) is 14.9 Å². The summed E-state index contributed by atoms with van der Waals surface area (Å²) in [6.07, 6.45) is 2.45. The number of fused-ring (bicyclic) bond motifs is 1. The van der Waals surface area contributed by atoms with Crippen molar-refractivity contribution in [2.75, 3.05) is 0 Å². The molecular formula is C23H17NO3. The first-order valence-electron chi connectivity index (χ1n) is 8.77. The Bertz CT molecular complexity index is 1040. The van der Waals surface area contributed by atoms with Gasteiger partial charge in [0.2, 0.25) is 0 Å². The van der Waals surface area contributed by atoms with Crippen molar-refractivity contribution >= 4 is 17.5 Å². The quantitative estimate of drug-likeness (QED) is 0.359. The lowest BCUT2D eigenvalue weighted by Gasteiger charge is -2.27. The summed E-state index contributed by atoms with van der Waals surface area (Å²) in [5, 5.41) is 10.8. The van der Waals surface area contributed by atoms with Crippen molar-refractivity contribution in [2.24, 2.45) is 0 Å². The van der Waals surface area contributed by atoms with E-state index in [1.807, 2.05) is 48.5 Å². The minimum atomic E-state index is -0.426. The monoisotopic (exact) mass is 355 g/mol. The topological polar surface area (TPSA) is 60.2 Å². The molecule has 0 saturated heterocycles. The van der Waals surface area contributed by atoms with Crippen LogP contribution >= 0.6 is 0 Å². The summed E-state index contributed by atoms with van der Waals surface area (Å²) >= 11 is 0. The molecule has 0 spiro atoms. The smallest absolute Gasteiger partial charge is 0.269 e. The van der Waals surface area contributed by atoms with E-state index in [0.29, 0.717) is 6.42 Å². The predicted octanol–water partition coefficient (Wildman–Crippen LogP) is 5.40. The highest BCUT2D eigenvalue weighted by Crippen LogP contribution is 2.39. The molecule has 0 unspecified atom stereocenters. The first-order chi connectivity index (χ1) is 13.1. The number of Topliss-reactive ketones (excluding diaryl/α,β-unsaturated/α-hetero) is 1. The zero-order valence-corrected chi connectivity index (χ0v) is 14.5. The molecule has 4 nitrogen and oxygen atoms in total. The molecule has 0 aliphatic heterocycles. The second-order valence-electron chi connectivity index (χ2n) is 6.60. The molecule has 0 fully saturated rings. The summed E-state index contributed by atoms with van der Waals surface area (Å²) in [6.45, 7) is 0. The highest BCUT2D eigenvalue weighted by molar-refractivity contribution is 6.13. The van der Waals surface area contributed by atoms with E-state index in [2.05, 4.69) is 12.1 Å². The van der Waals surface area contributed by atoms with Gasteiger partial charge in [0.1, 0.15) is 0 Å². The van der Waals surface area contributed by atoms with E-state index in [4.69, 9.17) is 0 Å². The number of nitro benzene ring substituents is 1. The van der Waals surface area contributed by atoms with Crippen molar-refractivity contribution < 1.29 is 9.72 Å². The zero-order valence-electron chi connectivity index (χ0n) is 14.5. The number of benzene rings is 3. The van der Waals surface area contributed by atoms with Crippen LogP contribution in [0.5, 0.6) is 0 Å². The first kappa shape index (κ1) is 16.9. The molecule has 0 N–H and O–H groups in total. The normalized spacial score (nSPS) is 17.6. The number of carbonyl (C=O) groups excluding carboxylic acids is 1. The summed E-state index contributed by atoms with van der Waals surface area (Å²) in [6, 6.07) is 24.2. The lowest BCUT2D eigenvalue weighted by atomic mass is 9.75. The predicted molar refractivity (Wildman–Crippen MR) is 105 cm³/mol. The van der Waals surface area contributed by atoms with Gasteiger partial charge in [0, 0.05) is 29.2 Å². The number of nitro groups is 1. The molecule has 0 saturated carbocycles. The van der Waals surface area contributed by atoms with Crippen molar-refractivity contribution in [3.8, 4) is 0 Å². The molecule has 1 aliphatic rings. The minimum Gasteiger partial charge on any atom is -0.289 e. The van der Waals surface area contributed by atoms with Crippen LogP contribution in [0.3, 0.4) is 0 Å². The Kier molecular flexibility index (Phi) is 4.38. The van der Waals surface area contributed by atoms with Crippen molar-refractivity contribution in [3.05, 3.63) is 117 Å². The molecule has 3 aromatic rings. The van der Waals surface area contributed by atoms with E-state index in [-0.39, 0.29) is 17.4 Å². The fourth-order valence-corrected chi connectivity index (χ4v) is 3.60. The maximum Gasteiger partial charge on any atom is 0.269 e. The fourth-order valence-electron chi connectivity index (χ4n) is 3.60. The van der Waals surface area contributed by atoms with Crippen LogP contribution in [-0.4, -0.2) is 10.7 Å². The Morgan fingerprint density at radius 3 is 2.26 bits per heavy atom. The van der Waals surface area contributed by atoms with E-state index in [1.54, 1.807) is 12.1 Å². The number of rotatable bonds is 3. The average molecular weight is 355 g/mol. The van der Waals surface area contributed by atoms with Crippen LogP contribution in [0.1, 0.15) is 39.4 Å². The van der Waals surface area contributed by atoms with E-state index < -0.39 is 4.92 Å². The molecule has 0 heterocycles. The summed E-state index contributed by atoms with van der Waals surface area (Å²) in [4.78, 5) is 23.4. The molecule has 0 amide bonds. The molecular weight excluding hydrogens is 338 g/mol. The molecule has 4 heteroatoms. The molecule has 4 rings (SSSR count). The Balaban J connectivity index is 1.76. The zero-order chi connectivity index (χ0) is 18.8. The number of non-ortho nitro benzene ring substituents is 1. The fraction of sp³-hybridized carbons (Fsp3) is 0.0870. The lowest BCUT2D eigenvalue weighted by molar-refractivity contribution is -0.384. The van der Waals surface area contributed by atoms with Crippen molar-refractivity contribution in [2.45, 2.75) is 12.3 Å². The third-order valence-electron chi connectivity index (χ3n) is 4.94. The van der Waals surface area contributed by atoms with E-state index in [9.17, 15) is 14.9 Å². The number of carbonyl (C=O) groups is 1. The Hall–Kier alpha value is -3.53. The summed E-state index contributed by atoms with van der Waals surface area (Å²) in [7, 11) is 0. The van der Waals surface area contributed by atoms with Crippen LogP contribution in [0, 0.1) is 10.1 Å². The van der Waals surface area contributed by atoms with Crippen molar-refractivity contribution in [3.63, 3.8) is 0 Å². The lowest BCUT2D eigenvalue weighted by Crippen LogP contribution is -2.19. The Labute approximate surface area is 156 Å². The van der Waals surface area contributed by atoms with E-state index >= 15 is 0 Å². The molecule has 3 aromatic carbocycles. The molecule has 132 valence electrons. The molecule has 0 aromatic heterocycles. The van der Waals surface area contributed by atoms with Crippen LogP contribution in [0.25, 0.3) is 6.08 Å². The van der Waals surface area contributed by atoms with Gasteiger partial charge in [-0.25, -0.2) is 0 Å². The summed E-state index contributed by atoms with van der Waals surface area (Å²) in [5.41, 5.74) is 4.50. The third-order valence-corrected chi connectivity index (χ3v) is 4.94. The van der Waals surface area contributed by atoms with Crippen LogP contribution in [-0.2, 0) is 0 Å². The van der Waals surface area contributed by atoms with Gasteiger partial charge in [-0.05, 0) is 41.3 Å². The van der Waals surface area contributed by atoms with Crippen LogP contribution in [0.15, 0.2) is 84.4 Å². The molecule has 0 radical (unpaired) electrons. The van der Waals surface area contributed by atoms with E-state index in [0.717, 1.165) is 22.3 Å². The van der Waals surface area contributed by atoms with Crippen molar-refractivity contribution in [1.82, 2.24) is 0 Å². The van der Waals surface area contributed by atoms with Gasteiger partial charge in [0.15, 0.2) is 5.78 Å². The average Bonchev–Trinajstić information content (AvgIpc) is 2.71. The van der Waals surface area contributed by atoms with Crippen molar-refractivity contribution in [1.29, 1.82) is 0 Å². The summed E-state index contributed by atoms with van der Waals surface area (Å²) in [5.74, 6) is 0.139. The molecule has 27 heavy (non-hydrogen) atoms. The summed E-state index contributed by atoms with van der Waals surface area (Å²) < 4.78 is 0. The maximum absolute atomic E-state index is 13.0. The number of hydrogen-bond acceptors (Lipinski definition) is 3. The van der Waals surface area contributed by atoms with E-state index in [1.165, 1.54) is 17.7 Å². The highest BCUT2D eigenvalue weighted by Gasteiger charge is 2.29. The second kappa shape index (κ2) is 7.00. The Morgan fingerprint density at radius 1 is 0.889 bits per heavy atom. The molecule has 1 aliphatic carbocycles. The van der Waals surface area contributed by atoms with Gasteiger partial charge in [0.05, 0.1) is 4.92 Å². The third kappa shape index (κ3) is 3.29. The SMILES string of the molecule is O=C1/C(=C/c2ccc([N+](=O)[O-])cc2)C[C@@H](c2ccccc2)c2ccccc21. The minimum absolute atomic E-state index is 0.0242.